The monoisotopic (exact) mass is 254 g/mol. The van der Waals surface area contributed by atoms with Crippen LogP contribution in [-0.4, -0.2) is 18.5 Å². The van der Waals surface area contributed by atoms with E-state index in [-0.39, 0.29) is 5.91 Å². The highest BCUT2D eigenvalue weighted by molar-refractivity contribution is 6.30. The quantitative estimate of drug-likeness (QED) is 0.848. The summed E-state index contributed by atoms with van der Waals surface area (Å²) in [6, 6.07) is 5.84. The molecule has 0 heterocycles. The number of carbonyl (C=O) groups is 1. The fraction of sp³-hybridized carbons (Fsp3) is 0.462. The van der Waals surface area contributed by atoms with Gasteiger partial charge in [0.05, 0.1) is 0 Å². The lowest BCUT2D eigenvalue weighted by Gasteiger charge is -2.10. The molecule has 0 fully saturated rings. The highest BCUT2D eigenvalue weighted by Gasteiger charge is 2.05. The molecule has 1 rings (SSSR count). The van der Waals surface area contributed by atoms with Crippen molar-refractivity contribution in [3.05, 3.63) is 28.8 Å². The van der Waals surface area contributed by atoms with E-state index in [4.69, 9.17) is 11.6 Å². The Labute approximate surface area is 108 Å². The van der Waals surface area contributed by atoms with Crippen LogP contribution in [0.4, 0.5) is 5.69 Å². The largest absolute Gasteiger partial charge is 0.326 e. The lowest BCUT2D eigenvalue weighted by atomic mass is 10.2. The number of aryl methyl sites for hydroxylation is 1. The minimum absolute atomic E-state index is 0.0172. The third kappa shape index (κ3) is 5.20. The first-order valence-electron chi connectivity index (χ1n) is 5.78. The number of halogens is 1. The van der Waals surface area contributed by atoms with E-state index in [9.17, 15) is 4.79 Å². The van der Waals surface area contributed by atoms with E-state index in [2.05, 4.69) is 24.5 Å². The van der Waals surface area contributed by atoms with Crippen molar-refractivity contribution in [3.63, 3.8) is 0 Å². The topological polar surface area (TPSA) is 41.1 Å². The van der Waals surface area contributed by atoms with Gasteiger partial charge in [0.2, 0.25) is 5.91 Å². The first kappa shape index (κ1) is 14.0. The molecule has 17 heavy (non-hydrogen) atoms. The van der Waals surface area contributed by atoms with Crippen LogP contribution in [0, 0.1) is 6.92 Å². The minimum atomic E-state index is 0.0172. The summed E-state index contributed by atoms with van der Waals surface area (Å²) >= 11 is 5.85. The third-order valence-corrected chi connectivity index (χ3v) is 2.60. The van der Waals surface area contributed by atoms with Crippen molar-refractivity contribution < 1.29 is 4.79 Å². The number of hydrogen-bond donors (Lipinski definition) is 2. The standard InChI is InChI=1S/C13H19ClN2O/c1-9(2)15-7-6-13(17)16-12-5-4-11(14)8-10(12)3/h4-5,8-9,15H,6-7H2,1-3H3,(H,16,17). The first-order valence-corrected chi connectivity index (χ1v) is 6.16. The van der Waals surface area contributed by atoms with Crippen molar-refractivity contribution in [3.8, 4) is 0 Å². The molecule has 2 N–H and O–H groups in total. The van der Waals surface area contributed by atoms with Gasteiger partial charge in [-0.05, 0) is 30.7 Å². The zero-order valence-electron chi connectivity index (χ0n) is 10.5. The Kier molecular flexibility index (Phi) is 5.45. The molecule has 0 unspecified atom stereocenters. The normalized spacial score (nSPS) is 10.6. The van der Waals surface area contributed by atoms with Gasteiger partial charge < -0.3 is 10.6 Å². The molecule has 3 nitrogen and oxygen atoms in total. The summed E-state index contributed by atoms with van der Waals surface area (Å²) in [5.74, 6) is 0.0172. The second kappa shape index (κ2) is 6.62. The van der Waals surface area contributed by atoms with Crippen molar-refractivity contribution in [2.24, 2.45) is 0 Å². The number of carbonyl (C=O) groups excluding carboxylic acids is 1. The Morgan fingerprint density at radius 3 is 2.71 bits per heavy atom. The summed E-state index contributed by atoms with van der Waals surface area (Å²) in [5.41, 5.74) is 1.80. The van der Waals surface area contributed by atoms with E-state index in [1.54, 1.807) is 6.07 Å². The Morgan fingerprint density at radius 2 is 2.12 bits per heavy atom. The van der Waals surface area contributed by atoms with Gasteiger partial charge in [-0.15, -0.1) is 0 Å². The lowest BCUT2D eigenvalue weighted by Crippen LogP contribution is -2.27. The Bertz CT molecular complexity index is 391. The van der Waals surface area contributed by atoms with Gasteiger partial charge in [0.15, 0.2) is 0 Å². The van der Waals surface area contributed by atoms with Crippen LogP contribution in [0.15, 0.2) is 18.2 Å². The molecule has 0 saturated carbocycles. The summed E-state index contributed by atoms with van der Waals surface area (Å²) < 4.78 is 0. The van der Waals surface area contributed by atoms with Crippen LogP contribution < -0.4 is 10.6 Å². The molecule has 0 aliphatic heterocycles. The SMILES string of the molecule is Cc1cc(Cl)ccc1NC(=O)CCNC(C)C. The van der Waals surface area contributed by atoms with Gasteiger partial charge in [-0.25, -0.2) is 0 Å². The molecule has 1 aromatic rings. The second-order valence-electron chi connectivity index (χ2n) is 4.37. The maximum atomic E-state index is 11.6. The predicted octanol–water partition coefficient (Wildman–Crippen LogP) is 2.98. The molecule has 0 atom stereocenters. The molecular formula is C13H19ClN2O. The Hall–Kier alpha value is -1.06. The number of benzene rings is 1. The van der Waals surface area contributed by atoms with Gasteiger partial charge in [-0.1, -0.05) is 25.4 Å². The van der Waals surface area contributed by atoms with Crippen LogP contribution in [0.3, 0.4) is 0 Å². The second-order valence-corrected chi connectivity index (χ2v) is 4.80. The molecule has 0 spiro atoms. The molecule has 4 heteroatoms. The molecule has 0 aliphatic carbocycles. The molecule has 0 saturated heterocycles. The maximum absolute atomic E-state index is 11.6. The van der Waals surface area contributed by atoms with E-state index < -0.39 is 0 Å². The summed E-state index contributed by atoms with van der Waals surface area (Å²) in [6.07, 6.45) is 0.472. The van der Waals surface area contributed by atoms with E-state index in [0.29, 0.717) is 24.0 Å². The zero-order chi connectivity index (χ0) is 12.8. The Balaban J connectivity index is 2.45. The Morgan fingerprint density at radius 1 is 1.41 bits per heavy atom. The highest BCUT2D eigenvalue weighted by Crippen LogP contribution is 2.19. The van der Waals surface area contributed by atoms with Crippen LogP contribution in [-0.2, 0) is 4.79 Å². The highest BCUT2D eigenvalue weighted by atomic mass is 35.5. The summed E-state index contributed by atoms with van der Waals surface area (Å²) in [7, 11) is 0. The number of anilines is 1. The van der Waals surface area contributed by atoms with Crippen LogP contribution in [0.2, 0.25) is 5.02 Å². The minimum Gasteiger partial charge on any atom is -0.326 e. The fourth-order valence-corrected chi connectivity index (χ4v) is 1.68. The molecule has 1 amide bonds. The van der Waals surface area contributed by atoms with Crippen LogP contribution in [0.25, 0.3) is 0 Å². The maximum Gasteiger partial charge on any atom is 0.225 e. The van der Waals surface area contributed by atoms with Gasteiger partial charge in [0.25, 0.3) is 0 Å². The number of amides is 1. The van der Waals surface area contributed by atoms with E-state index in [1.165, 1.54) is 0 Å². The van der Waals surface area contributed by atoms with Crippen molar-refractivity contribution in [1.82, 2.24) is 5.32 Å². The molecule has 94 valence electrons. The van der Waals surface area contributed by atoms with Crippen LogP contribution >= 0.6 is 11.6 Å². The molecule has 0 radical (unpaired) electrons. The van der Waals surface area contributed by atoms with Crippen molar-refractivity contribution in [1.29, 1.82) is 0 Å². The van der Waals surface area contributed by atoms with Crippen molar-refractivity contribution in [2.45, 2.75) is 33.2 Å². The predicted molar refractivity (Wildman–Crippen MR) is 72.6 cm³/mol. The molecular weight excluding hydrogens is 236 g/mol. The molecule has 1 aromatic carbocycles. The number of hydrogen-bond acceptors (Lipinski definition) is 2. The van der Waals surface area contributed by atoms with E-state index >= 15 is 0 Å². The summed E-state index contributed by atoms with van der Waals surface area (Å²) in [6.45, 7) is 6.73. The first-order chi connectivity index (χ1) is 7.99. The summed E-state index contributed by atoms with van der Waals surface area (Å²) in [5, 5.41) is 6.76. The van der Waals surface area contributed by atoms with E-state index in [1.807, 2.05) is 19.1 Å². The van der Waals surface area contributed by atoms with Gasteiger partial charge in [-0.3, -0.25) is 4.79 Å². The third-order valence-electron chi connectivity index (χ3n) is 2.37. The van der Waals surface area contributed by atoms with Gasteiger partial charge in [-0.2, -0.15) is 0 Å². The smallest absolute Gasteiger partial charge is 0.225 e. The van der Waals surface area contributed by atoms with Gasteiger partial charge >= 0.3 is 0 Å². The number of rotatable bonds is 5. The lowest BCUT2D eigenvalue weighted by molar-refractivity contribution is -0.116. The van der Waals surface area contributed by atoms with Gasteiger partial charge in [0.1, 0.15) is 0 Å². The summed E-state index contributed by atoms with van der Waals surface area (Å²) in [4.78, 5) is 11.6. The fourth-order valence-electron chi connectivity index (χ4n) is 1.45. The van der Waals surface area contributed by atoms with Crippen molar-refractivity contribution >= 4 is 23.2 Å². The molecule has 0 aliphatic rings. The number of nitrogens with one attached hydrogen (secondary N) is 2. The average Bonchev–Trinajstić information content (AvgIpc) is 2.21. The van der Waals surface area contributed by atoms with E-state index in [0.717, 1.165) is 11.3 Å². The molecule has 0 aromatic heterocycles. The van der Waals surface area contributed by atoms with Crippen LogP contribution in [0.5, 0.6) is 0 Å². The average molecular weight is 255 g/mol. The van der Waals surface area contributed by atoms with Crippen LogP contribution in [0.1, 0.15) is 25.8 Å². The zero-order valence-corrected chi connectivity index (χ0v) is 11.3. The molecule has 0 bridgehead atoms. The van der Waals surface area contributed by atoms with Gasteiger partial charge in [0, 0.05) is 29.7 Å². The van der Waals surface area contributed by atoms with Crippen molar-refractivity contribution in [2.75, 3.05) is 11.9 Å².